The molecule has 0 bridgehead atoms. The molecule has 3 heterocycles. The van der Waals surface area contributed by atoms with Gasteiger partial charge in [0.25, 0.3) is 0 Å². The van der Waals surface area contributed by atoms with E-state index in [9.17, 15) is 5.26 Å². The van der Waals surface area contributed by atoms with Crippen molar-refractivity contribution >= 4 is 22.5 Å². The van der Waals surface area contributed by atoms with E-state index >= 15 is 0 Å². The molecule has 0 amide bonds. The summed E-state index contributed by atoms with van der Waals surface area (Å²) in [5, 5.41) is 9.59. The molecule has 1 fully saturated rings. The predicted molar refractivity (Wildman–Crippen MR) is 94.4 cm³/mol. The highest BCUT2D eigenvalue weighted by Crippen LogP contribution is 2.30. The van der Waals surface area contributed by atoms with Gasteiger partial charge in [0.1, 0.15) is 11.9 Å². The van der Waals surface area contributed by atoms with Crippen LogP contribution >= 0.6 is 0 Å². The Balaban J connectivity index is 2.03. The average molecular weight is 320 g/mol. The first-order valence-electron chi connectivity index (χ1n) is 8.30. The maximum absolute atomic E-state index is 9.59. The number of aromatic nitrogens is 2. The summed E-state index contributed by atoms with van der Waals surface area (Å²) < 4.78 is 7.99. The second-order valence-electron chi connectivity index (χ2n) is 6.59. The van der Waals surface area contributed by atoms with E-state index in [0.29, 0.717) is 5.56 Å². The molecule has 5 nitrogen and oxygen atoms in total. The maximum atomic E-state index is 9.59. The van der Waals surface area contributed by atoms with Crippen molar-refractivity contribution in [2.45, 2.75) is 33.0 Å². The molecule has 0 spiro atoms. The zero-order valence-corrected chi connectivity index (χ0v) is 14.2. The van der Waals surface area contributed by atoms with Crippen LogP contribution in [0.1, 0.15) is 25.0 Å². The topological polar surface area (TPSA) is 53.6 Å². The quantitative estimate of drug-likeness (QED) is 0.690. The van der Waals surface area contributed by atoms with Crippen LogP contribution in [0.25, 0.3) is 16.7 Å². The molecular formula is C19H20N4O. The fourth-order valence-electron chi connectivity index (χ4n) is 3.67. The van der Waals surface area contributed by atoms with E-state index in [-0.39, 0.29) is 12.2 Å². The summed E-state index contributed by atoms with van der Waals surface area (Å²) in [5.41, 5.74) is 4.29. The van der Waals surface area contributed by atoms with Gasteiger partial charge in [-0.3, -0.25) is 4.40 Å². The Labute approximate surface area is 141 Å². The van der Waals surface area contributed by atoms with Gasteiger partial charge in [-0.15, -0.1) is 0 Å². The van der Waals surface area contributed by atoms with Gasteiger partial charge in [-0.25, -0.2) is 4.98 Å². The van der Waals surface area contributed by atoms with Crippen molar-refractivity contribution in [1.29, 1.82) is 5.26 Å². The summed E-state index contributed by atoms with van der Waals surface area (Å²) in [6, 6.07) is 12.5. The Morgan fingerprint density at radius 1 is 1.21 bits per heavy atom. The molecule has 1 aliphatic heterocycles. The van der Waals surface area contributed by atoms with Gasteiger partial charge in [-0.1, -0.05) is 12.1 Å². The summed E-state index contributed by atoms with van der Waals surface area (Å²) in [4.78, 5) is 7.06. The Kier molecular flexibility index (Phi) is 3.43. The standard InChI is InChI=1S/C19H20N4O/c1-12-8-18(22-10-13(2)24-14(3)11-22)23-17-7-5-4-6-16(17)21-19(23)15(12)9-20/h4-8,13-14H,10-11H2,1-3H3/t13-,14+. The minimum absolute atomic E-state index is 0.175. The highest BCUT2D eigenvalue weighted by molar-refractivity contribution is 5.85. The number of hydrogen-bond acceptors (Lipinski definition) is 4. The fraction of sp³-hybridized carbons (Fsp3) is 0.368. The van der Waals surface area contributed by atoms with Gasteiger partial charge in [0.15, 0.2) is 5.65 Å². The van der Waals surface area contributed by atoms with Crippen LogP contribution in [-0.4, -0.2) is 34.7 Å². The van der Waals surface area contributed by atoms with Crippen LogP contribution in [0.2, 0.25) is 0 Å². The number of para-hydroxylation sites is 2. The highest BCUT2D eigenvalue weighted by atomic mass is 16.5. The van der Waals surface area contributed by atoms with Crippen molar-refractivity contribution in [1.82, 2.24) is 9.38 Å². The summed E-state index contributed by atoms with van der Waals surface area (Å²) in [5.74, 6) is 1.08. The van der Waals surface area contributed by atoms with Crippen molar-refractivity contribution in [2.24, 2.45) is 0 Å². The fourth-order valence-corrected chi connectivity index (χ4v) is 3.67. The smallest absolute Gasteiger partial charge is 0.157 e. The van der Waals surface area contributed by atoms with Crippen LogP contribution in [0, 0.1) is 18.3 Å². The molecular weight excluding hydrogens is 300 g/mol. The van der Waals surface area contributed by atoms with E-state index < -0.39 is 0 Å². The highest BCUT2D eigenvalue weighted by Gasteiger charge is 2.26. The van der Waals surface area contributed by atoms with Crippen molar-refractivity contribution in [3.05, 3.63) is 41.5 Å². The Bertz CT molecular complexity index is 959. The number of nitriles is 1. The molecule has 0 radical (unpaired) electrons. The SMILES string of the molecule is Cc1cc(N2C[C@@H](C)O[C@@H](C)C2)n2c(nc3ccccc32)c1C#N. The lowest BCUT2D eigenvalue weighted by atomic mass is 10.1. The predicted octanol–water partition coefficient (Wildman–Crippen LogP) is 3.28. The molecule has 1 aliphatic rings. The Morgan fingerprint density at radius 2 is 1.92 bits per heavy atom. The summed E-state index contributed by atoms with van der Waals surface area (Å²) >= 11 is 0. The van der Waals surface area contributed by atoms with E-state index in [1.807, 2.05) is 25.1 Å². The molecule has 2 aromatic heterocycles. The molecule has 122 valence electrons. The zero-order chi connectivity index (χ0) is 16.8. The summed E-state index contributed by atoms with van der Waals surface area (Å²) in [6.45, 7) is 7.84. The average Bonchev–Trinajstić information content (AvgIpc) is 2.92. The number of aryl methyl sites for hydroxylation is 1. The maximum Gasteiger partial charge on any atom is 0.157 e. The lowest BCUT2D eigenvalue weighted by molar-refractivity contribution is -0.00550. The molecule has 0 aliphatic carbocycles. The molecule has 2 atom stereocenters. The minimum atomic E-state index is 0.175. The van der Waals surface area contributed by atoms with Crippen LogP contribution in [0.15, 0.2) is 30.3 Å². The first-order valence-corrected chi connectivity index (χ1v) is 8.30. The van der Waals surface area contributed by atoms with Gasteiger partial charge < -0.3 is 9.64 Å². The number of nitrogens with zero attached hydrogens (tertiary/aromatic N) is 4. The molecule has 1 aromatic carbocycles. The molecule has 1 saturated heterocycles. The van der Waals surface area contributed by atoms with E-state index in [0.717, 1.165) is 41.2 Å². The third-order valence-electron chi connectivity index (χ3n) is 4.61. The normalized spacial score (nSPS) is 21.3. The van der Waals surface area contributed by atoms with Gasteiger partial charge >= 0.3 is 0 Å². The van der Waals surface area contributed by atoms with E-state index in [2.05, 4.69) is 41.4 Å². The summed E-state index contributed by atoms with van der Waals surface area (Å²) in [6.07, 6.45) is 0.351. The van der Waals surface area contributed by atoms with Gasteiger partial charge in [0.05, 0.1) is 28.8 Å². The third-order valence-corrected chi connectivity index (χ3v) is 4.61. The number of rotatable bonds is 1. The molecule has 24 heavy (non-hydrogen) atoms. The second-order valence-corrected chi connectivity index (χ2v) is 6.59. The number of anilines is 1. The summed E-state index contributed by atoms with van der Waals surface area (Å²) in [7, 11) is 0. The Hall–Kier alpha value is -2.58. The number of morpholine rings is 1. The van der Waals surface area contributed by atoms with Crippen LogP contribution in [0.4, 0.5) is 5.82 Å². The van der Waals surface area contributed by atoms with E-state index in [4.69, 9.17) is 9.72 Å². The van der Waals surface area contributed by atoms with Crippen molar-refractivity contribution < 1.29 is 4.74 Å². The van der Waals surface area contributed by atoms with Gasteiger partial charge in [-0.2, -0.15) is 5.26 Å². The van der Waals surface area contributed by atoms with Gasteiger partial charge in [-0.05, 0) is 44.5 Å². The lowest BCUT2D eigenvalue weighted by Gasteiger charge is -2.37. The van der Waals surface area contributed by atoms with E-state index in [1.165, 1.54) is 0 Å². The van der Waals surface area contributed by atoms with Gasteiger partial charge in [0, 0.05) is 13.1 Å². The first kappa shape index (κ1) is 15.0. The van der Waals surface area contributed by atoms with Crippen molar-refractivity contribution in [3.63, 3.8) is 0 Å². The number of imidazole rings is 1. The lowest BCUT2D eigenvalue weighted by Crippen LogP contribution is -2.46. The molecule has 0 saturated carbocycles. The largest absolute Gasteiger partial charge is 0.372 e. The molecule has 0 unspecified atom stereocenters. The second kappa shape index (κ2) is 5.50. The number of ether oxygens (including phenoxy) is 1. The van der Waals surface area contributed by atoms with Crippen LogP contribution in [0.3, 0.4) is 0 Å². The van der Waals surface area contributed by atoms with Crippen LogP contribution in [0.5, 0.6) is 0 Å². The van der Waals surface area contributed by atoms with E-state index in [1.54, 1.807) is 0 Å². The number of pyridine rings is 1. The molecule has 4 rings (SSSR count). The zero-order valence-electron chi connectivity index (χ0n) is 14.2. The van der Waals surface area contributed by atoms with Gasteiger partial charge in [0.2, 0.25) is 0 Å². The van der Waals surface area contributed by atoms with Crippen LogP contribution < -0.4 is 4.90 Å². The van der Waals surface area contributed by atoms with Crippen molar-refractivity contribution in [3.8, 4) is 6.07 Å². The molecule has 3 aromatic rings. The number of benzene rings is 1. The van der Waals surface area contributed by atoms with Crippen LogP contribution in [-0.2, 0) is 4.74 Å². The third kappa shape index (κ3) is 2.22. The molecule has 5 heteroatoms. The Morgan fingerprint density at radius 3 is 2.62 bits per heavy atom. The minimum Gasteiger partial charge on any atom is -0.372 e. The first-order chi connectivity index (χ1) is 11.6. The molecule has 0 N–H and O–H groups in total. The number of hydrogen-bond donors (Lipinski definition) is 0. The van der Waals surface area contributed by atoms with Crippen molar-refractivity contribution in [2.75, 3.05) is 18.0 Å². The number of fused-ring (bicyclic) bond motifs is 3. The monoisotopic (exact) mass is 320 g/mol.